The third kappa shape index (κ3) is 2.05. The molecule has 1 aromatic carbocycles. The molecule has 0 unspecified atom stereocenters. The Morgan fingerprint density at radius 2 is 1.70 bits per heavy atom. The van der Waals surface area contributed by atoms with Gasteiger partial charge in [-0.1, -0.05) is 6.07 Å². The van der Waals surface area contributed by atoms with Crippen LogP contribution in [0.4, 0.5) is 0 Å². The Morgan fingerprint density at radius 3 is 2.40 bits per heavy atom. The van der Waals surface area contributed by atoms with Crippen LogP contribution in [0.15, 0.2) is 57.8 Å². The molecule has 3 rings (SSSR count). The summed E-state index contributed by atoms with van der Waals surface area (Å²) in [6.45, 7) is 0. The molecule has 0 bridgehead atoms. The lowest BCUT2D eigenvalue weighted by molar-refractivity contribution is 0.355. The Kier molecular flexibility index (Phi) is 3.21. The van der Waals surface area contributed by atoms with Gasteiger partial charge in [-0.15, -0.1) is 0 Å². The van der Waals surface area contributed by atoms with Gasteiger partial charge in [0.2, 0.25) is 0 Å². The largest absolute Gasteiger partial charge is 0.493 e. The monoisotopic (exact) mass is 270 g/mol. The van der Waals surface area contributed by atoms with Crippen molar-refractivity contribution in [2.75, 3.05) is 14.2 Å². The maximum atomic E-state index is 5.53. The predicted octanol–water partition coefficient (Wildman–Crippen LogP) is 4.22. The fraction of sp³-hybridized carbons (Fsp3) is 0.125. The molecule has 0 radical (unpaired) electrons. The molecule has 0 N–H and O–H groups in total. The molecule has 0 amide bonds. The minimum absolute atomic E-state index is 0.677. The first-order chi connectivity index (χ1) is 9.83. The van der Waals surface area contributed by atoms with Crippen molar-refractivity contribution in [2.24, 2.45) is 0 Å². The van der Waals surface area contributed by atoms with Gasteiger partial charge in [-0.2, -0.15) is 0 Å². The fourth-order valence-corrected chi connectivity index (χ4v) is 2.14. The Bertz CT molecular complexity index is 695. The molecule has 0 fully saturated rings. The quantitative estimate of drug-likeness (QED) is 0.711. The molecular formula is C16H14O4. The van der Waals surface area contributed by atoms with E-state index in [1.807, 2.05) is 36.4 Å². The van der Waals surface area contributed by atoms with Crippen LogP contribution in [0.25, 0.3) is 22.6 Å². The zero-order valence-electron chi connectivity index (χ0n) is 11.3. The van der Waals surface area contributed by atoms with E-state index in [1.54, 1.807) is 26.7 Å². The smallest absolute Gasteiger partial charge is 0.176 e. The van der Waals surface area contributed by atoms with Crippen LogP contribution in [0.3, 0.4) is 0 Å². The van der Waals surface area contributed by atoms with Crippen LogP contribution in [0.1, 0.15) is 0 Å². The molecule has 0 aliphatic rings. The first-order valence-electron chi connectivity index (χ1n) is 6.17. The van der Waals surface area contributed by atoms with Gasteiger partial charge in [0.25, 0.3) is 0 Å². The number of methoxy groups -OCH3 is 2. The van der Waals surface area contributed by atoms with E-state index in [9.17, 15) is 0 Å². The third-order valence-electron chi connectivity index (χ3n) is 3.10. The standard InChI is InChI=1S/C16H14O4/c1-17-13-6-5-11(10-15(13)18-2)12-7-9-20-16(12)14-4-3-8-19-14/h3-10H,1-2H3. The molecule has 0 spiro atoms. The summed E-state index contributed by atoms with van der Waals surface area (Å²) in [6.07, 6.45) is 3.26. The molecule has 2 aromatic heterocycles. The van der Waals surface area contributed by atoms with E-state index in [1.165, 1.54) is 0 Å². The molecule has 2 heterocycles. The van der Waals surface area contributed by atoms with Crippen molar-refractivity contribution < 1.29 is 18.3 Å². The molecule has 102 valence electrons. The van der Waals surface area contributed by atoms with E-state index in [-0.39, 0.29) is 0 Å². The molecule has 0 saturated heterocycles. The van der Waals surface area contributed by atoms with Gasteiger partial charge in [0.05, 0.1) is 26.7 Å². The number of ether oxygens (including phenoxy) is 2. The molecular weight excluding hydrogens is 256 g/mol. The summed E-state index contributed by atoms with van der Waals surface area (Å²) >= 11 is 0. The summed E-state index contributed by atoms with van der Waals surface area (Å²) in [5.41, 5.74) is 1.92. The lowest BCUT2D eigenvalue weighted by Gasteiger charge is -2.09. The van der Waals surface area contributed by atoms with Gasteiger partial charge in [0, 0.05) is 5.56 Å². The van der Waals surface area contributed by atoms with Crippen molar-refractivity contribution in [1.29, 1.82) is 0 Å². The number of benzene rings is 1. The first kappa shape index (κ1) is 12.4. The van der Waals surface area contributed by atoms with Gasteiger partial charge >= 0.3 is 0 Å². The molecule has 0 saturated carbocycles. The number of furan rings is 2. The lowest BCUT2D eigenvalue weighted by Crippen LogP contribution is -1.90. The predicted molar refractivity (Wildman–Crippen MR) is 75.0 cm³/mol. The minimum atomic E-state index is 0.677. The van der Waals surface area contributed by atoms with E-state index in [0.29, 0.717) is 23.0 Å². The number of hydrogen-bond acceptors (Lipinski definition) is 4. The number of rotatable bonds is 4. The Hall–Kier alpha value is -2.62. The Morgan fingerprint density at radius 1 is 0.850 bits per heavy atom. The zero-order valence-corrected chi connectivity index (χ0v) is 11.3. The highest BCUT2D eigenvalue weighted by atomic mass is 16.5. The van der Waals surface area contributed by atoms with Crippen LogP contribution >= 0.6 is 0 Å². The van der Waals surface area contributed by atoms with E-state index in [2.05, 4.69) is 0 Å². The van der Waals surface area contributed by atoms with Crippen LogP contribution in [0, 0.1) is 0 Å². The van der Waals surface area contributed by atoms with E-state index in [4.69, 9.17) is 18.3 Å². The Labute approximate surface area is 116 Å². The average molecular weight is 270 g/mol. The van der Waals surface area contributed by atoms with Crippen molar-refractivity contribution in [1.82, 2.24) is 0 Å². The first-order valence-corrected chi connectivity index (χ1v) is 6.17. The molecule has 0 aliphatic heterocycles. The third-order valence-corrected chi connectivity index (χ3v) is 3.10. The van der Waals surface area contributed by atoms with Crippen molar-refractivity contribution >= 4 is 0 Å². The van der Waals surface area contributed by atoms with E-state index >= 15 is 0 Å². The summed E-state index contributed by atoms with van der Waals surface area (Å²) in [5, 5.41) is 0. The highest BCUT2D eigenvalue weighted by Gasteiger charge is 2.15. The molecule has 3 aromatic rings. The van der Waals surface area contributed by atoms with E-state index in [0.717, 1.165) is 11.1 Å². The summed E-state index contributed by atoms with van der Waals surface area (Å²) < 4.78 is 21.5. The summed E-state index contributed by atoms with van der Waals surface area (Å²) in [5.74, 6) is 2.76. The normalized spacial score (nSPS) is 10.5. The summed E-state index contributed by atoms with van der Waals surface area (Å²) in [7, 11) is 3.23. The maximum Gasteiger partial charge on any atom is 0.176 e. The molecule has 0 aliphatic carbocycles. The second-order valence-corrected chi connectivity index (χ2v) is 4.21. The van der Waals surface area contributed by atoms with Gasteiger partial charge in [-0.05, 0) is 35.9 Å². The van der Waals surface area contributed by atoms with Gasteiger partial charge in [-0.3, -0.25) is 0 Å². The summed E-state index contributed by atoms with van der Waals surface area (Å²) in [4.78, 5) is 0. The maximum absolute atomic E-state index is 5.53. The van der Waals surface area contributed by atoms with Gasteiger partial charge in [0.1, 0.15) is 0 Å². The van der Waals surface area contributed by atoms with Crippen LogP contribution in [0.2, 0.25) is 0 Å². The second-order valence-electron chi connectivity index (χ2n) is 4.21. The molecule has 4 nitrogen and oxygen atoms in total. The van der Waals surface area contributed by atoms with Crippen molar-refractivity contribution in [3.63, 3.8) is 0 Å². The van der Waals surface area contributed by atoms with Gasteiger partial charge < -0.3 is 18.3 Å². The lowest BCUT2D eigenvalue weighted by atomic mass is 10.0. The molecule has 20 heavy (non-hydrogen) atoms. The number of hydrogen-bond donors (Lipinski definition) is 0. The van der Waals surface area contributed by atoms with Crippen molar-refractivity contribution in [3.8, 4) is 34.1 Å². The van der Waals surface area contributed by atoms with Crippen molar-refractivity contribution in [2.45, 2.75) is 0 Å². The highest BCUT2D eigenvalue weighted by Crippen LogP contribution is 2.37. The molecule has 4 heteroatoms. The topological polar surface area (TPSA) is 44.7 Å². The second kappa shape index (κ2) is 5.17. The van der Waals surface area contributed by atoms with Crippen LogP contribution in [-0.4, -0.2) is 14.2 Å². The summed E-state index contributed by atoms with van der Waals surface area (Å²) in [6, 6.07) is 11.3. The Balaban J connectivity index is 2.08. The van der Waals surface area contributed by atoms with E-state index < -0.39 is 0 Å². The van der Waals surface area contributed by atoms with Crippen LogP contribution in [0.5, 0.6) is 11.5 Å². The minimum Gasteiger partial charge on any atom is -0.493 e. The molecule has 0 atom stereocenters. The average Bonchev–Trinajstić information content (AvgIpc) is 3.16. The SMILES string of the molecule is COc1ccc(-c2ccoc2-c2ccco2)cc1OC. The highest BCUT2D eigenvalue weighted by molar-refractivity contribution is 5.78. The fourth-order valence-electron chi connectivity index (χ4n) is 2.14. The van der Waals surface area contributed by atoms with Crippen molar-refractivity contribution in [3.05, 3.63) is 48.9 Å². The van der Waals surface area contributed by atoms with Crippen LogP contribution in [-0.2, 0) is 0 Å². The zero-order chi connectivity index (χ0) is 13.9. The van der Waals surface area contributed by atoms with Gasteiger partial charge in [-0.25, -0.2) is 0 Å². The van der Waals surface area contributed by atoms with Gasteiger partial charge in [0.15, 0.2) is 23.0 Å². The van der Waals surface area contributed by atoms with Crippen LogP contribution < -0.4 is 9.47 Å².